The van der Waals surface area contributed by atoms with Gasteiger partial charge in [-0.3, -0.25) is 0 Å². The van der Waals surface area contributed by atoms with Crippen LogP contribution in [0.1, 0.15) is 18.4 Å². The average molecular weight is 272 g/mol. The predicted molar refractivity (Wildman–Crippen MR) is 63.8 cm³/mol. The Labute approximate surface area is 98.2 Å². The van der Waals surface area contributed by atoms with E-state index in [0.717, 1.165) is 23.0 Å². The molecule has 1 nitrogen and oxygen atoms in total. The molecule has 0 saturated carbocycles. The predicted octanol–water partition coefficient (Wildman–Crippen LogP) is 3.08. The largest absolute Gasteiger partial charge is 0.314 e. The summed E-state index contributed by atoms with van der Waals surface area (Å²) < 4.78 is 15.3. The zero-order valence-corrected chi connectivity index (χ0v) is 10.2. The molecule has 1 aromatic carbocycles. The molecular formula is C12H15BrFN. The fraction of sp³-hybridized carbons (Fsp3) is 0.500. The third kappa shape index (κ3) is 3.02. The number of benzene rings is 1. The van der Waals surface area contributed by atoms with Crippen molar-refractivity contribution in [1.82, 2.24) is 5.32 Å². The first-order chi connectivity index (χ1) is 7.18. The Morgan fingerprint density at radius 2 is 2.33 bits per heavy atom. The van der Waals surface area contributed by atoms with E-state index in [9.17, 15) is 4.39 Å². The quantitative estimate of drug-likeness (QED) is 0.872. The van der Waals surface area contributed by atoms with Gasteiger partial charge in [-0.05, 0) is 37.1 Å². The monoisotopic (exact) mass is 271 g/mol. The number of rotatable bonds is 2. The van der Waals surface area contributed by atoms with Crippen molar-refractivity contribution in [2.24, 2.45) is 0 Å². The van der Waals surface area contributed by atoms with Gasteiger partial charge in [0.05, 0.1) is 0 Å². The van der Waals surface area contributed by atoms with E-state index in [-0.39, 0.29) is 0 Å². The van der Waals surface area contributed by atoms with Crippen LogP contribution in [-0.2, 0) is 6.42 Å². The molecule has 1 aliphatic heterocycles. The van der Waals surface area contributed by atoms with Crippen molar-refractivity contribution in [3.63, 3.8) is 0 Å². The van der Waals surface area contributed by atoms with Crippen LogP contribution in [0.5, 0.6) is 0 Å². The molecule has 1 atom stereocenters. The summed E-state index contributed by atoms with van der Waals surface area (Å²) in [4.78, 5) is 0. The normalized spacial score (nSPS) is 26.5. The van der Waals surface area contributed by atoms with Crippen molar-refractivity contribution in [3.8, 4) is 0 Å². The maximum atomic E-state index is 14.3. The number of hydrogen-bond acceptors (Lipinski definition) is 1. The molecule has 0 spiro atoms. The summed E-state index contributed by atoms with van der Waals surface area (Å²) in [5.74, 6) is 0. The molecule has 15 heavy (non-hydrogen) atoms. The van der Waals surface area contributed by atoms with Gasteiger partial charge in [0.2, 0.25) is 0 Å². The lowest BCUT2D eigenvalue weighted by Crippen LogP contribution is -2.43. The Balaban J connectivity index is 2.06. The highest BCUT2D eigenvalue weighted by molar-refractivity contribution is 9.10. The highest BCUT2D eigenvalue weighted by Crippen LogP contribution is 2.26. The van der Waals surface area contributed by atoms with Crippen LogP contribution in [-0.4, -0.2) is 18.8 Å². The van der Waals surface area contributed by atoms with Crippen molar-refractivity contribution in [3.05, 3.63) is 34.3 Å². The van der Waals surface area contributed by atoms with Gasteiger partial charge in [-0.25, -0.2) is 4.39 Å². The van der Waals surface area contributed by atoms with E-state index in [1.807, 2.05) is 24.3 Å². The van der Waals surface area contributed by atoms with Gasteiger partial charge in [0.25, 0.3) is 0 Å². The second-order valence-corrected chi connectivity index (χ2v) is 5.15. The minimum absolute atomic E-state index is 0.486. The SMILES string of the molecule is FC1(Cc2cccc(Br)c2)CCCNC1. The van der Waals surface area contributed by atoms with Crippen molar-refractivity contribution >= 4 is 15.9 Å². The molecule has 1 aliphatic rings. The van der Waals surface area contributed by atoms with Crippen molar-refractivity contribution in [2.45, 2.75) is 24.9 Å². The van der Waals surface area contributed by atoms with E-state index >= 15 is 0 Å². The minimum Gasteiger partial charge on any atom is -0.314 e. The van der Waals surface area contributed by atoms with Gasteiger partial charge in [-0.1, -0.05) is 28.1 Å². The van der Waals surface area contributed by atoms with Gasteiger partial charge in [0.1, 0.15) is 5.67 Å². The minimum atomic E-state index is -1.06. The lowest BCUT2D eigenvalue weighted by molar-refractivity contribution is 0.122. The molecule has 1 fully saturated rings. The summed E-state index contributed by atoms with van der Waals surface area (Å²) in [7, 11) is 0. The van der Waals surface area contributed by atoms with Gasteiger partial charge in [0.15, 0.2) is 0 Å². The number of hydrogen-bond donors (Lipinski definition) is 1. The molecule has 0 radical (unpaired) electrons. The molecule has 2 rings (SSSR count). The molecule has 1 N–H and O–H groups in total. The Morgan fingerprint density at radius 1 is 1.47 bits per heavy atom. The van der Waals surface area contributed by atoms with E-state index < -0.39 is 5.67 Å². The first-order valence-corrected chi connectivity index (χ1v) is 6.11. The van der Waals surface area contributed by atoms with Crippen molar-refractivity contribution in [2.75, 3.05) is 13.1 Å². The van der Waals surface area contributed by atoms with Gasteiger partial charge < -0.3 is 5.32 Å². The molecule has 0 aliphatic carbocycles. The third-order valence-electron chi connectivity index (χ3n) is 2.83. The molecule has 1 saturated heterocycles. The smallest absolute Gasteiger partial charge is 0.127 e. The van der Waals surface area contributed by atoms with E-state index in [1.165, 1.54) is 0 Å². The Morgan fingerprint density at radius 3 is 3.00 bits per heavy atom. The molecule has 1 aromatic rings. The lowest BCUT2D eigenvalue weighted by Gasteiger charge is -2.30. The highest BCUT2D eigenvalue weighted by atomic mass is 79.9. The van der Waals surface area contributed by atoms with Crippen LogP contribution < -0.4 is 5.32 Å². The summed E-state index contributed by atoms with van der Waals surface area (Å²) in [5.41, 5.74) is 0.00884. The number of piperidine rings is 1. The summed E-state index contributed by atoms with van der Waals surface area (Å²) in [6, 6.07) is 7.91. The van der Waals surface area contributed by atoms with Crippen LogP contribution in [0.4, 0.5) is 4.39 Å². The van der Waals surface area contributed by atoms with E-state index in [2.05, 4.69) is 21.2 Å². The Kier molecular flexibility index (Phi) is 3.42. The topological polar surface area (TPSA) is 12.0 Å². The molecule has 1 unspecified atom stereocenters. The first kappa shape index (κ1) is 11.1. The van der Waals surface area contributed by atoms with Crippen LogP contribution in [0.25, 0.3) is 0 Å². The van der Waals surface area contributed by atoms with Crippen LogP contribution in [0.3, 0.4) is 0 Å². The van der Waals surface area contributed by atoms with Crippen LogP contribution in [0.15, 0.2) is 28.7 Å². The van der Waals surface area contributed by atoms with Crippen LogP contribution >= 0.6 is 15.9 Å². The number of alkyl halides is 1. The van der Waals surface area contributed by atoms with Gasteiger partial charge >= 0.3 is 0 Å². The van der Waals surface area contributed by atoms with Gasteiger partial charge in [0, 0.05) is 17.4 Å². The van der Waals surface area contributed by atoms with Crippen LogP contribution in [0, 0.1) is 0 Å². The summed E-state index contributed by atoms with van der Waals surface area (Å²) in [6.45, 7) is 1.43. The second-order valence-electron chi connectivity index (χ2n) is 4.24. The molecular weight excluding hydrogens is 257 g/mol. The standard InChI is InChI=1S/C12H15BrFN/c13-11-4-1-3-10(7-11)8-12(14)5-2-6-15-9-12/h1,3-4,7,15H,2,5-6,8-9H2. The summed E-state index contributed by atoms with van der Waals surface area (Å²) in [5, 5.41) is 3.12. The van der Waals surface area contributed by atoms with Crippen molar-refractivity contribution < 1.29 is 4.39 Å². The highest BCUT2D eigenvalue weighted by Gasteiger charge is 2.31. The summed E-state index contributed by atoms with van der Waals surface area (Å²) >= 11 is 3.41. The van der Waals surface area contributed by atoms with E-state index in [1.54, 1.807) is 0 Å². The fourth-order valence-electron chi connectivity index (χ4n) is 2.09. The summed E-state index contributed by atoms with van der Waals surface area (Å²) in [6.07, 6.45) is 2.12. The zero-order valence-electron chi connectivity index (χ0n) is 8.60. The molecule has 0 bridgehead atoms. The van der Waals surface area contributed by atoms with E-state index in [4.69, 9.17) is 0 Å². The van der Waals surface area contributed by atoms with Crippen LogP contribution in [0.2, 0.25) is 0 Å². The maximum Gasteiger partial charge on any atom is 0.127 e. The first-order valence-electron chi connectivity index (χ1n) is 5.32. The molecule has 0 amide bonds. The lowest BCUT2D eigenvalue weighted by atomic mass is 9.89. The fourth-order valence-corrected chi connectivity index (χ4v) is 2.54. The third-order valence-corrected chi connectivity index (χ3v) is 3.32. The maximum absolute atomic E-state index is 14.3. The molecule has 0 aromatic heterocycles. The molecule has 82 valence electrons. The van der Waals surface area contributed by atoms with Crippen molar-refractivity contribution in [1.29, 1.82) is 0 Å². The molecule has 3 heteroatoms. The van der Waals surface area contributed by atoms with E-state index in [0.29, 0.717) is 19.4 Å². The number of nitrogens with one attached hydrogen (secondary N) is 1. The average Bonchev–Trinajstić information content (AvgIpc) is 2.18. The van der Waals surface area contributed by atoms with Gasteiger partial charge in [-0.15, -0.1) is 0 Å². The zero-order chi connectivity index (χ0) is 10.7. The Bertz CT molecular complexity index is 334. The van der Waals surface area contributed by atoms with Gasteiger partial charge in [-0.2, -0.15) is 0 Å². The second kappa shape index (κ2) is 4.62. The number of halogens is 2. The molecule has 1 heterocycles. The Hall–Kier alpha value is -0.410.